The van der Waals surface area contributed by atoms with Gasteiger partial charge in [-0.1, -0.05) is 19.1 Å². The van der Waals surface area contributed by atoms with Gasteiger partial charge in [-0.25, -0.2) is 9.37 Å². The SMILES string of the molecule is C[C@@H]1CCc2c(sc3nc(CCC(=O)N4CCN(c5ccccc5F)CC4)[nH]c(=O)c23)C1. The number of carbonyl (C=O) groups is 1. The van der Waals surface area contributed by atoms with Crippen LogP contribution in [0.3, 0.4) is 0 Å². The van der Waals surface area contributed by atoms with Crippen molar-refractivity contribution in [2.75, 3.05) is 31.1 Å². The smallest absolute Gasteiger partial charge is 0.259 e. The highest BCUT2D eigenvalue weighted by Gasteiger charge is 2.25. The van der Waals surface area contributed by atoms with Gasteiger partial charge < -0.3 is 14.8 Å². The van der Waals surface area contributed by atoms with E-state index in [9.17, 15) is 14.0 Å². The Morgan fingerprint density at radius 2 is 2.03 bits per heavy atom. The number of aromatic amines is 1. The highest BCUT2D eigenvalue weighted by Crippen LogP contribution is 2.35. The van der Waals surface area contributed by atoms with Gasteiger partial charge in [0.15, 0.2) is 0 Å². The molecule has 2 aromatic heterocycles. The van der Waals surface area contributed by atoms with Crippen LogP contribution in [0.25, 0.3) is 10.2 Å². The molecule has 0 unspecified atom stereocenters. The van der Waals surface area contributed by atoms with E-state index in [2.05, 4.69) is 16.9 Å². The van der Waals surface area contributed by atoms with Gasteiger partial charge in [0.2, 0.25) is 5.91 Å². The minimum atomic E-state index is -0.234. The lowest BCUT2D eigenvalue weighted by atomic mass is 9.89. The maximum Gasteiger partial charge on any atom is 0.259 e. The highest BCUT2D eigenvalue weighted by atomic mass is 32.1. The number of nitrogens with one attached hydrogen (secondary N) is 1. The Morgan fingerprint density at radius 3 is 2.81 bits per heavy atom. The quantitative estimate of drug-likeness (QED) is 0.655. The van der Waals surface area contributed by atoms with E-state index < -0.39 is 0 Å². The van der Waals surface area contributed by atoms with Gasteiger partial charge in [0.25, 0.3) is 5.56 Å². The Balaban J connectivity index is 1.22. The van der Waals surface area contributed by atoms with Gasteiger partial charge in [-0.15, -0.1) is 11.3 Å². The van der Waals surface area contributed by atoms with Gasteiger partial charge in [0.05, 0.1) is 11.1 Å². The van der Waals surface area contributed by atoms with Crippen LogP contribution in [0.1, 0.15) is 36.0 Å². The lowest BCUT2D eigenvalue weighted by Crippen LogP contribution is -2.49. The first-order chi connectivity index (χ1) is 15.5. The molecule has 1 aliphatic carbocycles. The van der Waals surface area contributed by atoms with E-state index in [0.717, 1.165) is 29.5 Å². The number of nitrogens with zero attached hydrogens (tertiary/aromatic N) is 3. The third-order valence-corrected chi connectivity index (χ3v) is 7.76. The van der Waals surface area contributed by atoms with E-state index in [-0.39, 0.29) is 17.3 Å². The van der Waals surface area contributed by atoms with Crippen LogP contribution in [-0.2, 0) is 24.1 Å². The summed E-state index contributed by atoms with van der Waals surface area (Å²) < 4.78 is 14.0. The molecule has 1 atom stereocenters. The molecule has 1 saturated heterocycles. The van der Waals surface area contributed by atoms with E-state index in [4.69, 9.17) is 0 Å². The van der Waals surface area contributed by atoms with Crippen LogP contribution in [0.4, 0.5) is 10.1 Å². The number of fused-ring (bicyclic) bond motifs is 3. The van der Waals surface area contributed by atoms with Crippen molar-refractivity contribution in [3.05, 3.63) is 56.7 Å². The van der Waals surface area contributed by atoms with Crippen molar-refractivity contribution in [3.8, 4) is 0 Å². The maximum atomic E-state index is 14.0. The van der Waals surface area contributed by atoms with Crippen molar-refractivity contribution in [3.63, 3.8) is 0 Å². The molecule has 1 N–H and O–H groups in total. The van der Waals surface area contributed by atoms with Crippen LogP contribution in [0.2, 0.25) is 0 Å². The number of aryl methyl sites for hydroxylation is 2. The van der Waals surface area contributed by atoms with Crippen LogP contribution in [0, 0.1) is 11.7 Å². The molecule has 168 valence electrons. The van der Waals surface area contributed by atoms with E-state index in [1.54, 1.807) is 23.5 Å². The number of aromatic nitrogens is 2. The number of H-pyrrole nitrogens is 1. The molecule has 0 saturated carbocycles. The van der Waals surface area contributed by atoms with Crippen molar-refractivity contribution in [2.24, 2.45) is 5.92 Å². The lowest BCUT2D eigenvalue weighted by Gasteiger charge is -2.36. The molecule has 1 amide bonds. The molecule has 0 radical (unpaired) electrons. The fraction of sp³-hybridized carbons (Fsp3) is 0.458. The number of piperazine rings is 1. The molecular weight excluding hydrogens is 427 g/mol. The fourth-order valence-electron chi connectivity index (χ4n) is 4.80. The van der Waals surface area contributed by atoms with Crippen molar-refractivity contribution >= 4 is 33.1 Å². The summed E-state index contributed by atoms with van der Waals surface area (Å²) in [7, 11) is 0. The first-order valence-corrected chi connectivity index (χ1v) is 12.1. The van der Waals surface area contributed by atoms with Crippen LogP contribution in [0.5, 0.6) is 0 Å². The van der Waals surface area contributed by atoms with E-state index in [0.29, 0.717) is 56.5 Å². The number of carbonyl (C=O) groups excluding carboxylic acids is 1. The number of para-hydroxylation sites is 1. The third kappa shape index (κ3) is 4.03. The third-order valence-electron chi connectivity index (χ3n) is 6.62. The zero-order valence-corrected chi connectivity index (χ0v) is 19.0. The maximum absolute atomic E-state index is 14.0. The highest BCUT2D eigenvalue weighted by molar-refractivity contribution is 7.18. The Hall–Kier alpha value is -2.74. The molecule has 1 aromatic carbocycles. The molecular formula is C24H27FN4O2S. The molecule has 0 spiro atoms. The summed E-state index contributed by atoms with van der Waals surface area (Å²) in [6, 6.07) is 6.74. The molecule has 1 fully saturated rings. The van der Waals surface area contributed by atoms with E-state index >= 15 is 0 Å². The Morgan fingerprint density at radius 1 is 1.25 bits per heavy atom. The molecule has 2 aliphatic rings. The Bertz CT molecular complexity index is 1210. The number of anilines is 1. The van der Waals surface area contributed by atoms with Gasteiger partial charge in [-0.2, -0.15) is 0 Å². The number of hydrogen-bond acceptors (Lipinski definition) is 5. The fourth-order valence-corrected chi connectivity index (χ4v) is 6.20. The second-order valence-electron chi connectivity index (χ2n) is 8.86. The van der Waals surface area contributed by atoms with Gasteiger partial charge >= 0.3 is 0 Å². The number of benzene rings is 1. The molecule has 32 heavy (non-hydrogen) atoms. The molecule has 6 nitrogen and oxygen atoms in total. The lowest BCUT2D eigenvalue weighted by molar-refractivity contribution is -0.131. The summed E-state index contributed by atoms with van der Waals surface area (Å²) in [5.41, 5.74) is 1.68. The van der Waals surface area contributed by atoms with Crippen LogP contribution < -0.4 is 10.5 Å². The van der Waals surface area contributed by atoms with Crippen molar-refractivity contribution in [2.45, 2.75) is 39.0 Å². The standard InChI is InChI=1S/C24H27FN4O2S/c1-15-6-7-16-19(14-15)32-24-22(16)23(31)26-20(27-24)8-9-21(30)29-12-10-28(11-13-29)18-5-3-2-4-17(18)25/h2-5,15H,6-14H2,1H3,(H,26,27,31)/t15-/m1/s1. The van der Waals surface area contributed by atoms with Crippen molar-refractivity contribution in [1.29, 1.82) is 0 Å². The number of thiophene rings is 1. The molecule has 5 rings (SSSR count). The second-order valence-corrected chi connectivity index (χ2v) is 9.95. The molecule has 1 aliphatic heterocycles. The molecule has 3 heterocycles. The minimum Gasteiger partial charge on any atom is -0.366 e. The molecule has 3 aromatic rings. The average Bonchev–Trinajstić information content (AvgIpc) is 3.15. The van der Waals surface area contributed by atoms with Crippen molar-refractivity contribution < 1.29 is 9.18 Å². The first-order valence-electron chi connectivity index (χ1n) is 11.3. The Kier molecular flexibility index (Phi) is 5.71. The second kappa shape index (κ2) is 8.65. The summed E-state index contributed by atoms with van der Waals surface area (Å²) in [5, 5.41) is 0.747. The minimum absolute atomic E-state index is 0.0419. The summed E-state index contributed by atoms with van der Waals surface area (Å²) >= 11 is 1.63. The van der Waals surface area contributed by atoms with Gasteiger partial charge in [0.1, 0.15) is 16.5 Å². The number of hydrogen-bond donors (Lipinski definition) is 1. The summed E-state index contributed by atoms with van der Waals surface area (Å²) in [4.78, 5) is 39.0. The number of rotatable bonds is 4. The van der Waals surface area contributed by atoms with Crippen LogP contribution in [0.15, 0.2) is 29.1 Å². The number of amides is 1. The number of halogens is 1. The molecule has 8 heteroatoms. The van der Waals surface area contributed by atoms with Crippen LogP contribution >= 0.6 is 11.3 Å². The van der Waals surface area contributed by atoms with Crippen molar-refractivity contribution in [1.82, 2.24) is 14.9 Å². The zero-order chi connectivity index (χ0) is 22.2. The predicted molar refractivity (Wildman–Crippen MR) is 125 cm³/mol. The predicted octanol–water partition coefficient (Wildman–Crippen LogP) is 3.53. The summed E-state index contributed by atoms with van der Waals surface area (Å²) in [5.74, 6) is 1.03. The molecule has 0 bridgehead atoms. The summed E-state index contributed by atoms with van der Waals surface area (Å²) in [6.07, 6.45) is 3.78. The average molecular weight is 455 g/mol. The van der Waals surface area contributed by atoms with E-state index in [1.807, 2.05) is 15.9 Å². The largest absolute Gasteiger partial charge is 0.366 e. The topological polar surface area (TPSA) is 69.3 Å². The Labute approximate surface area is 190 Å². The summed E-state index contributed by atoms with van der Waals surface area (Å²) in [6.45, 7) is 4.58. The van der Waals surface area contributed by atoms with E-state index in [1.165, 1.54) is 16.5 Å². The monoisotopic (exact) mass is 454 g/mol. The van der Waals surface area contributed by atoms with Gasteiger partial charge in [-0.05, 0) is 42.9 Å². The van der Waals surface area contributed by atoms with Gasteiger partial charge in [0, 0.05) is 43.9 Å². The van der Waals surface area contributed by atoms with Crippen LogP contribution in [-0.4, -0.2) is 47.0 Å². The first kappa shape index (κ1) is 21.1. The normalized spacial score (nSPS) is 18.8. The van der Waals surface area contributed by atoms with Gasteiger partial charge in [-0.3, -0.25) is 9.59 Å². The zero-order valence-electron chi connectivity index (χ0n) is 18.2.